The lowest BCUT2D eigenvalue weighted by Gasteiger charge is -2.33. The largest absolute Gasteiger partial charge is 0.507 e. The first-order chi connectivity index (χ1) is 22.3. The normalized spacial score (nSPS) is 17.8. The molecule has 0 saturated heterocycles. The molecule has 0 spiro atoms. The van der Waals surface area contributed by atoms with Gasteiger partial charge in [0.2, 0.25) is 5.91 Å². The summed E-state index contributed by atoms with van der Waals surface area (Å²) < 4.78 is 5.74. The summed E-state index contributed by atoms with van der Waals surface area (Å²) in [4.78, 5) is 30.8. The fourth-order valence-corrected chi connectivity index (χ4v) is 5.68. The standard InChI is InChI=1S/C38H55N5O4S/c1-11-24-16-18-25(19-17-24)22-40-33(45)32(37(5,6)7)42-43-35(48)41-28-15-13-12-14-27(28)39-23-26-20-21-29(47-34(46)38(8,9)10)30(31(26)44)36(2,3)4/h11,16-21,23,27-28,32,42,44H,1,12-15,22H2,2-10H3,(H,40,45)(H2,41,43,48)/t27-,28-,32+/m1/s1. The van der Waals surface area contributed by atoms with Crippen molar-refractivity contribution in [1.82, 2.24) is 21.5 Å². The molecule has 262 valence electrons. The van der Waals surface area contributed by atoms with Gasteiger partial charge in [-0.2, -0.15) is 0 Å². The van der Waals surface area contributed by atoms with Gasteiger partial charge in [0.05, 0.1) is 17.5 Å². The van der Waals surface area contributed by atoms with Crippen LogP contribution >= 0.6 is 12.2 Å². The molecule has 1 saturated carbocycles. The van der Waals surface area contributed by atoms with E-state index in [0.717, 1.165) is 36.8 Å². The molecule has 0 radical (unpaired) electrons. The average molecular weight is 678 g/mol. The van der Waals surface area contributed by atoms with Crippen LogP contribution < -0.4 is 26.2 Å². The maximum absolute atomic E-state index is 13.2. The molecule has 48 heavy (non-hydrogen) atoms. The van der Waals surface area contributed by atoms with Crippen LogP contribution in [0, 0.1) is 10.8 Å². The number of hydrazine groups is 1. The van der Waals surface area contributed by atoms with E-state index in [-0.39, 0.29) is 29.7 Å². The Labute approximate surface area is 292 Å². The molecule has 1 fully saturated rings. The Balaban J connectivity index is 1.68. The van der Waals surface area contributed by atoms with Crippen LogP contribution in [0.3, 0.4) is 0 Å². The number of esters is 1. The lowest BCUT2D eigenvalue weighted by molar-refractivity contribution is -0.143. The van der Waals surface area contributed by atoms with E-state index in [1.54, 1.807) is 45.2 Å². The highest BCUT2D eigenvalue weighted by molar-refractivity contribution is 7.80. The molecule has 0 unspecified atom stereocenters. The van der Waals surface area contributed by atoms with Crippen LogP contribution in [0.1, 0.15) is 110 Å². The number of rotatable bonds is 10. The zero-order valence-corrected chi connectivity index (χ0v) is 30.9. The van der Waals surface area contributed by atoms with Crippen LogP contribution in [-0.4, -0.2) is 46.4 Å². The summed E-state index contributed by atoms with van der Waals surface area (Å²) in [6.45, 7) is 21.5. The van der Waals surface area contributed by atoms with Crippen LogP contribution in [-0.2, 0) is 21.5 Å². The number of hydrogen-bond acceptors (Lipinski definition) is 7. The first kappa shape index (κ1) is 38.7. The first-order valence-electron chi connectivity index (χ1n) is 16.7. The number of nitrogens with zero attached hydrogens (tertiary/aromatic N) is 1. The summed E-state index contributed by atoms with van der Waals surface area (Å²) >= 11 is 5.65. The van der Waals surface area contributed by atoms with Crippen molar-refractivity contribution in [2.75, 3.05) is 0 Å². The van der Waals surface area contributed by atoms with Gasteiger partial charge >= 0.3 is 5.97 Å². The second kappa shape index (κ2) is 16.1. The van der Waals surface area contributed by atoms with Crippen LogP contribution in [0.25, 0.3) is 6.08 Å². The Morgan fingerprint density at radius 3 is 2.25 bits per heavy atom. The van der Waals surface area contributed by atoms with Gasteiger partial charge in [-0.1, -0.05) is 91.3 Å². The number of phenols is 1. The molecule has 0 aromatic heterocycles. The van der Waals surface area contributed by atoms with E-state index < -0.39 is 22.3 Å². The monoisotopic (exact) mass is 677 g/mol. The Hall–Kier alpha value is -3.76. The van der Waals surface area contributed by atoms with Crippen LogP contribution in [0.2, 0.25) is 0 Å². The highest BCUT2D eigenvalue weighted by Gasteiger charge is 2.33. The van der Waals surface area contributed by atoms with Gasteiger partial charge in [-0.3, -0.25) is 20.0 Å². The number of ether oxygens (including phenoxy) is 1. The molecule has 3 rings (SSSR count). The molecule has 1 amide bonds. The number of thiocarbonyl (C=S) groups is 1. The number of aromatic hydroxyl groups is 1. The number of amides is 1. The second-order valence-corrected chi connectivity index (χ2v) is 16.1. The van der Waals surface area contributed by atoms with Gasteiger partial charge < -0.3 is 20.5 Å². The molecule has 9 nitrogen and oxygen atoms in total. The Morgan fingerprint density at radius 2 is 1.67 bits per heavy atom. The minimum Gasteiger partial charge on any atom is -0.507 e. The van der Waals surface area contributed by atoms with Gasteiger partial charge in [-0.15, -0.1) is 0 Å². The zero-order valence-electron chi connectivity index (χ0n) is 30.1. The molecule has 0 heterocycles. The number of aliphatic imine (C=N–C) groups is 1. The molecular weight excluding hydrogens is 623 g/mol. The minimum absolute atomic E-state index is 0.0338. The fourth-order valence-electron chi connectivity index (χ4n) is 5.47. The van der Waals surface area contributed by atoms with Gasteiger partial charge in [0, 0.05) is 23.9 Å². The third-order valence-electron chi connectivity index (χ3n) is 8.33. The SMILES string of the molecule is C=Cc1ccc(CNC(=O)[C@H](NNC(=S)N[C@@H]2CCCC[C@H]2N=Cc2ccc(OC(=O)C(C)(C)C)c(C(C)(C)C)c2O)C(C)(C)C)cc1. The summed E-state index contributed by atoms with van der Waals surface area (Å²) in [7, 11) is 0. The van der Waals surface area contributed by atoms with Crippen LogP contribution in [0.4, 0.5) is 0 Å². The molecule has 1 aliphatic rings. The van der Waals surface area contributed by atoms with E-state index in [9.17, 15) is 14.7 Å². The lowest BCUT2D eigenvalue weighted by atomic mass is 9.84. The molecule has 0 bridgehead atoms. The number of carbonyl (C=O) groups excluding carboxylic acids is 2. The van der Waals surface area contributed by atoms with Gasteiger partial charge in [0.1, 0.15) is 17.5 Å². The number of hydrogen-bond donors (Lipinski definition) is 5. The number of nitrogens with one attached hydrogen (secondary N) is 4. The van der Waals surface area contributed by atoms with Gasteiger partial charge in [-0.05, 0) is 79.9 Å². The van der Waals surface area contributed by atoms with Crippen molar-refractivity contribution >= 4 is 41.5 Å². The highest BCUT2D eigenvalue weighted by Crippen LogP contribution is 2.41. The Kier molecular flexibility index (Phi) is 13.0. The summed E-state index contributed by atoms with van der Waals surface area (Å²) in [5.41, 5.74) is 7.77. The predicted octanol–water partition coefficient (Wildman–Crippen LogP) is 6.71. The zero-order chi connectivity index (χ0) is 35.9. The number of carbonyl (C=O) groups is 2. The van der Waals surface area contributed by atoms with Crippen LogP contribution in [0.5, 0.6) is 11.5 Å². The van der Waals surface area contributed by atoms with E-state index in [1.807, 2.05) is 65.8 Å². The molecule has 10 heteroatoms. The van der Waals surface area contributed by atoms with Crippen molar-refractivity contribution in [3.8, 4) is 11.5 Å². The third-order valence-corrected chi connectivity index (χ3v) is 8.55. The van der Waals surface area contributed by atoms with E-state index in [0.29, 0.717) is 28.5 Å². The molecule has 3 atom stereocenters. The van der Waals surface area contributed by atoms with E-state index in [4.69, 9.17) is 21.9 Å². The van der Waals surface area contributed by atoms with E-state index >= 15 is 0 Å². The second-order valence-electron chi connectivity index (χ2n) is 15.7. The minimum atomic E-state index is -0.683. The average Bonchev–Trinajstić information content (AvgIpc) is 2.98. The van der Waals surface area contributed by atoms with E-state index in [1.165, 1.54) is 0 Å². The first-order valence-corrected chi connectivity index (χ1v) is 17.1. The third kappa shape index (κ3) is 10.9. The summed E-state index contributed by atoms with van der Waals surface area (Å²) in [5, 5.41) is 18.2. The molecule has 0 aliphatic heterocycles. The van der Waals surface area contributed by atoms with Crippen molar-refractivity contribution < 1.29 is 19.4 Å². The van der Waals surface area contributed by atoms with Gasteiger partial charge in [-0.25, -0.2) is 5.43 Å². The highest BCUT2D eigenvalue weighted by atomic mass is 32.1. The van der Waals surface area contributed by atoms with Gasteiger partial charge in [0.25, 0.3) is 0 Å². The van der Waals surface area contributed by atoms with Crippen molar-refractivity contribution in [2.45, 2.75) is 118 Å². The van der Waals surface area contributed by atoms with E-state index in [2.05, 4.69) is 28.1 Å². The topological polar surface area (TPSA) is 124 Å². The summed E-state index contributed by atoms with van der Waals surface area (Å²) in [5.74, 6) is -0.109. The van der Waals surface area contributed by atoms with Crippen molar-refractivity contribution in [3.63, 3.8) is 0 Å². The van der Waals surface area contributed by atoms with Crippen molar-refractivity contribution in [3.05, 3.63) is 65.2 Å². The smallest absolute Gasteiger partial charge is 0.316 e. The van der Waals surface area contributed by atoms with Crippen molar-refractivity contribution in [2.24, 2.45) is 15.8 Å². The molecular formula is C38H55N5O4S. The Morgan fingerprint density at radius 1 is 1.02 bits per heavy atom. The molecule has 1 aliphatic carbocycles. The maximum Gasteiger partial charge on any atom is 0.316 e. The lowest BCUT2D eigenvalue weighted by Crippen LogP contribution is -2.60. The Bertz CT molecular complexity index is 1480. The predicted molar refractivity (Wildman–Crippen MR) is 199 cm³/mol. The van der Waals surface area contributed by atoms with Gasteiger partial charge in [0.15, 0.2) is 5.11 Å². The van der Waals surface area contributed by atoms with Crippen molar-refractivity contribution in [1.29, 1.82) is 0 Å². The molecule has 2 aromatic rings. The number of benzene rings is 2. The number of phenolic OH excluding ortho intramolecular Hbond substituents is 1. The summed E-state index contributed by atoms with van der Waals surface area (Å²) in [6, 6.07) is 10.7. The summed E-state index contributed by atoms with van der Waals surface area (Å²) in [6.07, 6.45) is 7.28. The molecule has 5 N–H and O–H groups in total. The maximum atomic E-state index is 13.2. The van der Waals surface area contributed by atoms with Crippen LogP contribution in [0.15, 0.2) is 48.0 Å². The fraction of sp³-hybridized carbons (Fsp3) is 0.526. The molecule has 2 aromatic carbocycles. The quantitative estimate of drug-likeness (QED) is 0.0618.